The maximum Gasteiger partial charge on any atom is 0.0548 e. The Morgan fingerprint density at radius 1 is 0.600 bits per heavy atom. The van der Waals surface area contributed by atoms with Gasteiger partial charge in [-0.15, -0.1) is 11.3 Å². The van der Waals surface area contributed by atoms with Gasteiger partial charge in [0.05, 0.1) is 11.0 Å². The second kappa shape index (κ2) is 6.20. The summed E-state index contributed by atoms with van der Waals surface area (Å²) in [6.45, 7) is 6.86. The van der Waals surface area contributed by atoms with Crippen molar-refractivity contribution in [2.45, 2.75) is 26.2 Å². The third kappa shape index (κ3) is 2.54. The van der Waals surface area contributed by atoms with Gasteiger partial charge < -0.3 is 4.57 Å². The van der Waals surface area contributed by atoms with Gasteiger partial charge in [-0.1, -0.05) is 63.2 Å². The number of thiophene rings is 1. The minimum absolute atomic E-state index is 0.122. The van der Waals surface area contributed by atoms with E-state index in [-0.39, 0.29) is 5.41 Å². The van der Waals surface area contributed by atoms with Gasteiger partial charge in [0.1, 0.15) is 0 Å². The van der Waals surface area contributed by atoms with Crippen LogP contribution in [0, 0.1) is 0 Å². The molecule has 1 nitrogen and oxygen atoms in total. The molecule has 0 radical (unpaired) electrons. The van der Waals surface area contributed by atoms with Gasteiger partial charge in [-0.25, -0.2) is 0 Å². The Bertz CT molecular complexity index is 1560. The highest BCUT2D eigenvalue weighted by Crippen LogP contribution is 2.41. The summed E-state index contributed by atoms with van der Waals surface area (Å²) in [4.78, 5) is 0. The molecule has 2 heterocycles. The summed E-state index contributed by atoms with van der Waals surface area (Å²) in [5, 5.41) is 5.36. The van der Waals surface area contributed by atoms with Gasteiger partial charge >= 0.3 is 0 Å². The number of rotatable bonds is 1. The van der Waals surface area contributed by atoms with Gasteiger partial charge in [-0.3, -0.25) is 0 Å². The molecule has 6 aromatic rings. The lowest BCUT2D eigenvalue weighted by atomic mass is 9.86. The topological polar surface area (TPSA) is 4.93 Å². The molecule has 0 saturated carbocycles. The van der Waals surface area contributed by atoms with Gasteiger partial charge in [0.25, 0.3) is 0 Å². The van der Waals surface area contributed by atoms with Crippen molar-refractivity contribution in [1.82, 2.24) is 4.57 Å². The zero-order chi connectivity index (χ0) is 20.5. The summed E-state index contributed by atoms with van der Waals surface area (Å²) < 4.78 is 5.13. The van der Waals surface area contributed by atoms with Crippen LogP contribution in [0.15, 0.2) is 84.9 Å². The number of para-hydroxylation sites is 1. The normalized spacial score (nSPS) is 12.5. The quantitative estimate of drug-likeness (QED) is 0.258. The van der Waals surface area contributed by atoms with Crippen LogP contribution >= 0.6 is 11.3 Å². The van der Waals surface area contributed by atoms with Gasteiger partial charge in [-0.05, 0) is 53.4 Å². The van der Waals surface area contributed by atoms with E-state index in [9.17, 15) is 0 Å². The lowest BCUT2D eigenvalue weighted by Crippen LogP contribution is -2.10. The third-order valence-electron chi connectivity index (χ3n) is 6.14. The van der Waals surface area contributed by atoms with Crippen molar-refractivity contribution >= 4 is 53.3 Å². The van der Waals surface area contributed by atoms with E-state index in [1.165, 1.54) is 53.2 Å². The molecule has 2 aromatic heterocycles. The molecule has 0 aliphatic rings. The molecule has 30 heavy (non-hydrogen) atoms. The number of aromatic nitrogens is 1. The van der Waals surface area contributed by atoms with Crippen molar-refractivity contribution < 1.29 is 0 Å². The average Bonchev–Trinajstić information content (AvgIpc) is 3.26. The van der Waals surface area contributed by atoms with E-state index in [1.54, 1.807) is 0 Å². The number of nitrogens with zero attached hydrogens (tertiary/aromatic N) is 1. The van der Waals surface area contributed by atoms with E-state index in [4.69, 9.17) is 0 Å². The first kappa shape index (κ1) is 17.7. The smallest absolute Gasteiger partial charge is 0.0548 e. The van der Waals surface area contributed by atoms with Crippen LogP contribution < -0.4 is 0 Å². The van der Waals surface area contributed by atoms with E-state index in [2.05, 4.69) is 110 Å². The Morgan fingerprint density at radius 2 is 1.33 bits per heavy atom. The maximum absolute atomic E-state index is 2.42. The van der Waals surface area contributed by atoms with Crippen LogP contribution in [0.3, 0.4) is 0 Å². The summed E-state index contributed by atoms with van der Waals surface area (Å²) in [6.07, 6.45) is 0. The molecule has 6 rings (SSSR count). The summed E-state index contributed by atoms with van der Waals surface area (Å²) in [7, 11) is 0. The molecule has 0 N–H and O–H groups in total. The van der Waals surface area contributed by atoms with Crippen molar-refractivity contribution in [3.05, 3.63) is 90.5 Å². The lowest BCUT2D eigenvalue weighted by molar-refractivity contribution is 0.591. The predicted octanol–water partition coefficient (Wildman–Crippen LogP) is 8.45. The second-order valence-electron chi connectivity index (χ2n) is 9.12. The van der Waals surface area contributed by atoms with Gasteiger partial charge in [0.15, 0.2) is 0 Å². The number of fused-ring (bicyclic) bond motifs is 6. The van der Waals surface area contributed by atoms with Crippen molar-refractivity contribution in [2.24, 2.45) is 0 Å². The van der Waals surface area contributed by atoms with Crippen LogP contribution in [-0.2, 0) is 5.41 Å². The Kier molecular flexibility index (Phi) is 3.66. The second-order valence-corrected chi connectivity index (χ2v) is 10.2. The summed E-state index contributed by atoms with van der Waals surface area (Å²) in [5.74, 6) is 0. The fraction of sp³-hybridized carbons (Fsp3) is 0.143. The van der Waals surface area contributed by atoms with E-state index < -0.39 is 0 Å². The first-order chi connectivity index (χ1) is 14.5. The standard InChI is InChI=1S/C28H23NS/c1-28(2,3)18-13-14-24-21(15-18)22-17-27-23(20-11-7-8-12-26(20)30-27)16-25(22)29(24)19-9-5-4-6-10-19/h4-17H,1-3H3. The van der Waals surface area contributed by atoms with E-state index in [1.807, 2.05) is 11.3 Å². The average molecular weight is 406 g/mol. The molecule has 0 bridgehead atoms. The third-order valence-corrected chi connectivity index (χ3v) is 7.28. The number of hydrogen-bond acceptors (Lipinski definition) is 1. The Hall–Kier alpha value is -3.10. The Balaban J connectivity index is 1.81. The van der Waals surface area contributed by atoms with Crippen LogP contribution in [0.2, 0.25) is 0 Å². The lowest BCUT2D eigenvalue weighted by Gasteiger charge is -2.19. The van der Waals surface area contributed by atoms with Gasteiger partial charge in [-0.2, -0.15) is 0 Å². The molecular weight excluding hydrogens is 382 g/mol. The highest BCUT2D eigenvalue weighted by molar-refractivity contribution is 7.25. The Labute approximate surface area is 180 Å². The number of benzene rings is 4. The molecule has 0 atom stereocenters. The van der Waals surface area contributed by atoms with Crippen molar-refractivity contribution in [3.8, 4) is 5.69 Å². The molecule has 0 fully saturated rings. The van der Waals surface area contributed by atoms with Crippen LogP contribution in [0.25, 0.3) is 47.7 Å². The summed E-state index contributed by atoms with van der Waals surface area (Å²) >= 11 is 1.89. The largest absolute Gasteiger partial charge is 0.309 e. The fourth-order valence-electron chi connectivity index (χ4n) is 4.56. The molecule has 146 valence electrons. The van der Waals surface area contributed by atoms with Crippen molar-refractivity contribution in [3.63, 3.8) is 0 Å². The van der Waals surface area contributed by atoms with E-state index >= 15 is 0 Å². The molecular formula is C28H23NS. The van der Waals surface area contributed by atoms with Crippen molar-refractivity contribution in [1.29, 1.82) is 0 Å². The first-order valence-electron chi connectivity index (χ1n) is 10.5. The van der Waals surface area contributed by atoms with E-state index in [0.29, 0.717) is 0 Å². The molecule has 2 heteroatoms. The fourth-order valence-corrected chi connectivity index (χ4v) is 5.69. The predicted molar refractivity (Wildman–Crippen MR) is 132 cm³/mol. The van der Waals surface area contributed by atoms with Crippen LogP contribution in [0.5, 0.6) is 0 Å². The molecule has 0 aliphatic heterocycles. The van der Waals surface area contributed by atoms with Crippen LogP contribution in [0.4, 0.5) is 0 Å². The SMILES string of the molecule is CC(C)(C)c1ccc2c(c1)c1cc3sc4ccccc4c3cc1n2-c1ccccc1. The van der Waals surface area contributed by atoms with Crippen molar-refractivity contribution in [2.75, 3.05) is 0 Å². The van der Waals surface area contributed by atoms with Gasteiger partial charge in [0, 0.05) is 36.6 Å². The molecule has 0 spiro atoms. The summed E-state index contributed by atoms with van der Waals surface area (Å²) in [6, 6.07) is 31.3. The molecule has 0 unspecified atom stereocenters. The monoisotopic (exact) mass is 405 g/mol. The van der Waals surface area contributed by atoms with Crippen LogP contribution in [0.1, 0.15) is 26.3 Å². The molecule has 0 amide bonds. The summed E-state index contributed by atoms with van der Waals surface area (Å²) in [5.41, 5.74) is 5.25. The molecule has 0 aliphatic carbocycles. The zero-order valence-electron chi connectivity index (χ0n) is 17.4. The Morgan fingerprint density at radius 3 is 2.13 bits per heavy atom. The molecule has 4 aromatic carbocycles. The minimum Gasteiger partial charge on any atom is -0.309 e. The first-order valence-corrected chi connectivity index (χ1v) is 11.3. The zero-order valence-corrected chi connectivity index (χ0v) is 18.3. The number of hydrogen-bond donors (Lipinski definition) is 0. The van der Waals surface area contributed by atoms with Gasteiger partial charge in [0.2, 0.25) is 0 Å². The molecule has 0 saturated heterocycles. The minimum atomic E-state index is 0.122. The highest BCUT2D eigenvalue weighted by Gasteiger charge is 2.19. The maximum atomic E-state index is 2.42. The highest BCUT2D eigenvalue weighted by atomic mass is 32.1. The van der Waals surface area contributed by atoms with Crippen LogP contribution in [-0.4, -0.2) is 4.57 Å². The van der Waals surface area contributed by atoms with E-state index in [0.717, 1.165) is 0 Å².